The van der Waals surface area contributed by atoms with E-state index in [1.165, 1.54) is 11.1 Å². The second kappa shape index (κ2) is 6.28. The molecule has 0 radical (unpaired) electrons. The summed E-state index contributed by atoms with van der Waals surface area (Å²) >= 11 is 0. The first-order valence-electron chi connectivity index (χ1n) is 6.50. The minimum Gasteiger partial charge on any atom is -0.493 e. The molecule has 0 spiro atoms. The molecule has 1 atom stereocenters. The molecule has 2 aromatic rings. The van der Waals surface area contributed by atoms with E-state index >= 15 is 0 Å². The molecule has 0 aliphatic rings. The molecule has 0 saturated carbocycles. The molecule has 2 aromatic carbocycles. The highest BCUT2D eigenvalue weighted by Crippen LogP contribution is 2.29. The van der Waals surface area contributed by atoms with E-state index in [2.05, 4.69) is 43.3 Å². The van der Waals surface area contributed by atoms with Crippen LogP contribution in [0.3, 0.4) is 0 Å². The van der Waals surface area contributed by atoms with Gasteiger partial charge in [0, 0.05) is 0 Å². The van der Waals surface area contributed by atoms with E-state index in [9.17, 15) is 0 Å². The number of ether oxygens (including phenoxy) is 2. The lowest BCUT2D eigenvalue weighted by molar-refractivity contribution is 0.354. The zero-order chi connectivity index (χ0) is 13.7. The minimum atomic E-state index is 0.485. The SMILES string of the molecule is COc1ccc(CC(C)c2ccccc2)cc1OC. The van der Waals surface area contributed by atoms with Crippen LogP contribution >= 0.6 is 0 Å². The molecule has 0 heterocycles. The summed E-state index contributed by atoms with van der Waals surface area (Å²) in [4.78, 5) is 0. The van der Waals surface area contributed by atoms with Gasteiger partial charge in [-0.05, 0) is 35.6 Å². The molecule has 0 bridgehead atoms. The summed E-state index contributed by atoms with van der Waals surface area (Å²) in [5, 5.41) is 0. The minimum absolute atomic E-state index is 0.485. The second-order valence-corrected chi connectivity index (χ2v) is 4.71. The van der Waals surface area contributed by atoms with Gasteiger partial charge in [-0.25, -0.2) is 0 Å². The van der Waals surface area contributed by atoms with Crippen LogP contribution in [-0.2, 0) is 6.42 Å². The number of hydrogen-bond acceptors (Lipinski definition) is 2. The summed E-state index contributed by atoms with van der Waals surface area (Å²) in [7, 11) is 3.33. The maximum Gasteiger partial charge on any atom is 0.160 e. The topological polar surface area (TPSA) is 18.5 Å². The highest BCUT2D eigenvalue weighted by atomic mass is 16.5. The fourth-order valence-electron chi connectivity index (χ4n) is 2.26. The molecule has 0 aliphatic heterocycles. The van der Waals surface area contributed by atoms with E-state index in [0.717, 1.165) is 17.9 Å². The summed E-state index contributed by atoms with van der Waals surface area (Å²) in [5.41, 5.74) is 2.62. The molecule has 0 aromatic heterocycles. The predicted octanol–water partition coefficient (Wildman–Crippen LogP) is 4.05. The molecular weight excluding hydrogens is 236 g/mol. The Kier molecular flexibility index (Phi) is 4.45. The van der Waals surface area contributed by atoms with Crippen molar-refractivity contribution in [3.05, 3.63) is 59.7 Å². The van der Waals surface area contributed by atoms with Crippen molar-refractivity contribution in [1.82, 2.24) is 0 Å². The van der Waals surface area contributed by atoms with Crippen molar-refractivity contribution in [2.75, 3.05) is 14.2 Å². The molecule has 0 saturated heterocycles. The number of rotatable bonds is 5. The Morgan fingerprint density at radius 2 is 1.58 bits per heavy atom. The summed E-state index contributed by atoms with van der Waals surface area (Å²) in [6, 6.07) is 16.7. The van der Waals surface area contributed by atoms with E-state index in [1.807, 2.05) is 12.1 Å². The third-order valence-electron chi connectivity index (χ3n) is 3.36. The van der Waals surface area contributed by atoms with Gasteiger partial charge >= 0.3 is 0 Å². The quantitative estimate of drug-likeness (QED) is 0.803. The third-order valence-corrected chi connectivity index (χ3v) is 3.36. The van der Waals surface area contributed by atoms with Crippen LogP contribution in [0.1, 0.15) is 24.0 Å². The molecule has 1 unspecified atom stereocenters. The lowest BCUT2D eigenvalue weighted by Crippen LogP contribution is -1.99. The van der Waals surface area contributed by atoms with Crippen LogP contribution in [0.2, 0.25) is 0 Å². The molecule has 100 valence electrons. The van der Waals surface area contributed by atoms with E-state index in [4.69, 9.17) is 9.47 Å². The van der Waals surface area contributed by atoms with Crippen LogP contribution in [-0.4, -0.2) is 14.2 Å². The lowest BCUT2D eigenvalue weighted by Gasteiger charge is -2.14. The summed E-state index contributed by atoms with van der Waals surface area (Å²) in [6.07, 6.45) is 0.990. The van der Waals surface area contributed by atoms with Crippen molar-refractivity contribution in [3.63, 3.8) is 0 Å². The van der Waals surface area contributed by atoms with Gasteiger partial charge in [0.1, 0.15) is 0 Å². The summed E-state index contributed by atoms with van der Waals surface area (Å²) < 4.78 is 10.6. The summed E-state index contributed by atoms with van der Waals surface area (Å²) in [5.74, 6) is 2.05. The van der Waals surface area contributed by atoms with Crippen molar-refractivity contribution < 1.29 is 9.47 Å². The predicted molar refractivity (Wildman–Crippen MR) is 78.1 cm³/mol. The van der Waals surface area contributed by atoms with Crippen LogP contribution < -0.4 is 9.47 Å². The van der Waals surface area contributed by atoms with Gasteiger partial charge in [-0.3, -0.25) is 0 Å². The van der Waals surface area contributed by atoms with E-state index in [1.54, 1.807) is 14.2 Å². The standard InChI is InChI=1S/C17H20O2/c1-13(15-7-5-4-6-8-15)11-14-9-10-16(18-2)17(12-14)19-3/h4-10,12-13H,11H2,1-3H3. The van der Waals surface area contributed by atoms with Gasteiger partial charge in [0.05, 0.1) is 14.2 Å². The van der Waals surface area contributed by atoms with Crippen LogP contribution in [0.15, 0.2) is 48.5 Å². The van der Waals surface area contributed by atoms with Gasteiger partial charge in [-0.2, -0.15) is 0 Å². The van der Waals surface area contributed by atoms with E-state index in [0.29, 0.717) is 5.92 Å². The number of methoxy groups -OCH3 is 2. The van der Waals surface area contributed by atoms with E-state index in [-0.39, 0.29) is 0 Å². The zero-order valence-electron chi connectivity index (χ0n) is 11.7. The molecule has 2 rings (SSSR count). The first-order chi connectivity index (χ1) is 9.24. The van der Waals surface area contributed by atoms with Gasteiger partial charge in [0.25, 0.3) is 0 Å². The average molecular weight is 256 g/mol. The average Bonchev–Trinajstić information content (AvgIpc) is 2.48. The Balaban J connectivity index is 2.15. The highest BCUT2D eigenvalue weighted by molar-refractivity contribution is 5.43. The molecule has 0 fully saturated rings. The Hall–Kier alpha value is -1.96. The van der Waals surface area contributed by atoms with Crippen molar-refractivity contribution in [2.24, 2.45) is 0 Å². The maximum absolute atomic E-state index is 5.34. The molecular formula is C17H20O2. The van der Waals surface area contributed by atoms with Gasteiger partial charge < -0.3 is 9.47 Å². The monoisotopic (exact) mass is 256 g/mol. The maximum atomic E-state index is 5.34. The Labute approximate surface area is 115 Å². The molecule has 19 heavy (non-hydrogen) atoms. The fraction of sp³-hybridized carbons (Fsp3) is 0.294. The first-order valence-corrected chi connectivity index (χ1v) is 6.50. The highest BCUT2D eigenvalue weighted by Gasteiger charge is 2.09. The number of benzene rings is 2. The van der Waals surface area contributed by atoms with Crippen LogP contribution in [0.25, 0.3) is 0 Å². The second-order valence-electron chi connectivity index (χ2n) is 4.71. The Bertz CT molecular complexity index is 520. The van der Waals surface area contributed by atoms with Crippen LogP contribution in [0.4, 0.5) is 0 Å². The lowest BCUT2D eigenvalue weighted by atomic mass is 9.94. The van der Waals surface area contributed by atoms with Crippen LogP contribution in [0, 0.1) is 0 Å². The molecule has 2 heteroatoms. The smallest absolute Gasteiger partial charge is 0.160 e. The fourth-order valence-corrected chi connectivity index (χ4v) is 2.26. The molecule has 0 aliphatic carbocycles. The van der Waals surface area contributed by atoms with Gasteiger partial charge in [-0.1, -0.05) is 43.3 Å². The normalized spacial score (nSPS) is 11.9. The first kappa shape index (κ1) is 13.5. The number of hydrogen-bond donors (Lipinski definition) is 0. The van der Waals surface area contributed by atoms with Crippen molar-refractivity contribution in [1.29, 1.82) is 0 Å². The summed E-state index contributed by atoms with van der Waals surface area (Å²) in [6.45, 7) is 2.24. The van der Waals surface area contributed by atoms with Crippen LogP contribution in [0.5, 0.6) is 11.5 Å². The van der Waals surface area contributed by atoms with Crippen molar-refractivity contribution in [2.45, 2.75) is 19.3 Å². The van der Waals surface area contributed by atoms with Gasteiger partial charge in [-0.15, -0.1) is 0 Å². The largest absolute Gasteiger partial charge is 0.493 e. The van der Waals surface area contributed by atoms with Crippen molar-refractivity contribution in [3.8, 4) is 11.5 Å². The Morgan fingerprint density at radius 1 is 0.895 bits per heavy atom. The van der Waals surface area contributed by atoms with E-state index < -0.39 is 0 Å². The Morgan fingerprint density at radius 3 is 2.21 bits per heavy atom. The third kappa shape index (κ3) is 3.28. The zero-order valence-corrected chi connectivity index (χ0v) is 11.7. The molecule has 2 nitrogen and oxygen atoms in total. The molecule has 0 N–H and O–H groups in total. The van der Waals surface area contributed by atoms with Gasteiger partial charge in [0.2, 0.25) is 0 Å². The molecule has 0 amide bonds. The van der Waals surface area contributed by atoms with Crippen molar-refractivity contribution >= 4 is 0 Å². The van der Waals surface area contributed by atoms with Gasteiger partial charge in [0.15, 0.2) is 11.5 Å².